The number of aromatic nitrogens is 4. The lowest BCUT2D eigenvalue weighted by molar-refractivity contribution is 0.271. The Morgan fingerprint density at radius 2 is 2.03 bits per heavy atom. The number of hydrogen-bond acceptors (Lipinski definition) is 6. The normalized spacial score (nSPS) is 14.7. The molecule has 0 aliphatic carbocycles. The second-order valence-corrected chi connectivity index (χ2v) is 9.69. The van der Waals surface area contributed by atoms with Gasteiger partial charge in [0.25, 0.3) is 5.56 Å². The number of piperidine rings is 1. The van der Waals surface area contributed by atoms with E-state index in [1.807, 2.05) is 25.1 Å². The third-order valence-electron chi connectivity index (χ3n) is 6.94. The van der Waals surface area contributed by atoms with Gasteiger partial charge in [-0.3, -0.25) is 9.36 Å². The smallest absolute Gasteiger partial charge is 0.259 e. The van der Waals surface area contributed by atoms with Gasteiger partial charge in [0, 0.05) is 35.7 Å². The highest BCUT2D eigenvalue weighted by Crippen LogP contribution is 2.31. The van der Waals surface area contributed by atoms with Gasteiger partial charge in [-0.15, -0.1) is 0 Å². The van der Waals surface area contributed by atoms with E-state index in [1.54, 1.807) is 22.5 Å². The molecular weight excluding hydrogens is 464 g/mol. The maximum Gasteiger partial charge on any atom is 0.259 e. The molecule has 35 heavy (non-hydrogen) atoms. The van der Waals surface area contributed by atoms with Gasteiger partial charge in [-0.25, -0.2) is 9.67 Å². The molecule has 0 unspecified atom stereocenters. The number of nitrogens with one attached hydrogen (secondary N) is 2. The Bertz CT molecular complexity index is 1440. The van der Waals surface area contributed by atoms with Gasteiger partial charge in [0.1, 0.15) is 10.8 Å². The number of anilines is 1. The summed E-state index contributed by atoms with van der Waals surface area (Å²) in [6, 6.07) is 7.96. The minimum Gasteiger partial charge on any atom is -0.394 e. The first-order valence-corrected chi connectivity index (χ1v) is 12.6. The monoisotopic (exact) mass is 494 g/mol. The predicted molar refractivity (Wildman–Crippen MR) is 141 cm³/mol. The van der Waals surface area contributed by atoms with Gasteiger partial charge >= 0.3 is 0 Å². The molecule has 0 radical (unpaired) electrons. The van der Waals surface area contributed by atoms with Gasteiger partial charge in [0.2, 0.25) is 0 Å². The number of aryl methyl sites for hydroxylation is 2. The summed E-state index contributed by atoms with van der Waals surface area (Å²) in [4.78, 5) is 17.9. The molecule has 5 rings (SSSR count). The Balaban J connectivity index is 1.49. The van der Waals surface area contributed by atoms with Crippen LogP contribution in [0.4, 0.5) is 5.69 Å². The molecule has 4 heterocycles. The third-order valence-corrected chi connectivity index (χ3v) is 7.15. The van der Waals surface area contributed by atoms with Crippen LogP contribution in [0.5, 0.6) is 0 Å². The van der Waals surface area contributed by atoms with E-state index in [2.05, 4.69) is 26.8 Å². The fourth-order valence-corrected chi connectivity index (χ4v) is 5.48. The molecule has 1 fully saturated rings. The lowest BCUT2D eigenvalue weighted by Gasteiger charge is -2.24. The SMILES string of the molecule is Cc1cc(CCNc2ccc(Cl)nc2C2CCNCC2)c2c(c1)c(=O)n(C)c1c2cnn1CCO. The summed E-state index contributed by atoms with van der Waals surface area (Å²) >= 11 is 6.25. The van der Waals surface area contributed by atoms with Crippen LogP contribution in [0.25, 0.3) is 21.8 Å². The predicted octanol–water partition coefficient (Wildman–Crippen LogP) is 3.36. The minimum atomic E-state index is -0.0554. The lowest BCUT2D eigenvalue weighted by Crippen LogP contribution is -2.27. The van der Waals surface area contributed by atoms with Crippen LogP contribution >= 0.6 is 11.6 Å². The lowest BCUT2D eigenvalue weighted by atomic mass is 9.93. The van der Waals surface area contributed by atoms with Crippen LogP contribution in [0, 0.1) is 6.92 Å². The molecule has 184 valence electrons. The van der Waals surface area contributed by atoms with Crippen LogP contribution in [-0.2, 0) is 20.0 Å². The summed E-state index contributed by atoms with van der Waals surface area (Å²) in [5.74, 6) is 0.386. The third kappa shape index (κ3) is 4.53. The van der Waals surface area contributed by atoms with Gasteiger partial charge in [0.15, 0.2) is 0 Å². The molecule has 3 aromatic heterocycles. The van der Waals surface area contributed by atoms with Crippen LogP contribution < -0.4 is 16.2 Å². The number of nitrogens with zero attached hydrogens (tertiary/aromatic N) is 4. The van der Waals surface area contributed by atoms with Crippen molar-refractivity contribution in [2.75, 3.05) is 31.6 Å². The Morgan fingerprint density at radius 3 is 2.80 bits per heavy atom. The molecule has 8 nitrogen and oxygen atoms in total. The van der Waals surface area contributed by atoms with Crippen molar-refractivity contribution >= 4 is 39.1 Å². The van der Waals surface area contributed by atoms with Crippen molar-refractivity contribution < 1.29 is 5.11 Å². The molecule has 0 spiro atoms. The summed E-state index contributed by atoms with van der Waals surface area (Å²) < 4.78 is 3.33. The van der Waals surface area contributed by atoms with Gasteiger partial charge in [-0.2, -0.15) is 5.10 Å². The number of fused-ring (bicyclic) bond motifs is 3. The largest absolute Gasteiger partial charge is 0.394 e. The Kier molecular flexibility index (Phi) is 6.77. The van der Waals surface area contributed by atoms with E-state index < -0.39 is 0 Å². The van der Waals surface area contributed by atoms with Gasteiger partial charge in [0.05, 0.1) is 30.7 Å². The number of rotatable bonds is 7. The average molecular weight is 495 g/mol. The van der Waals surface area contributed by atoms with Crippen molar-refractivity contribution in [3.8, 4) is 0 Å². The number of hydrogen-bond donors (Lipinski definition) is 3. The number of aliphatic hydroxyl groups is 1. The zero-order valence-corrected chi connectivity index (χ0v) is 20.9. The molecule has 0 saturated carbocycles. The molecule has 1 aliphatic heterocycles. The standard InChI is InChI=1S/C26H31ClN6O2/c1-16-13-18(7-10-29-21-3-4-22(27)31-24(21)17-5-8-28-9-6-17)23-19(14-16)26(35)32(2)25-20(23)15-30-33(25)11-12-34/h3-4,13-15,17,28-29,34H,5-12H2,1-2H3. The Morgan fingerprint density at radius 1 is 1.23 bits per heavy atom. The first kappa shape index (κ1) is 23.8. The molecule has 1 aromatic carbocycles. The molecule has 9 heteroatoms. The molecule has 1 saturated heterocycles. The van der Waals surface area contributed by atoms with Gasteiger partial charge < -0.3 is 15.7 Å². The van der Waals surface area contributed by atoms with E-state index in [0.717, 1.165) is 71.3 Å². The quantitative estimate of drug-likeness (QED) is 0.341. The van der Waals surface area contributed by atoms with Crippen molar-refractivity contribution in [1.82, 2.24) is 24.6 Å². The summed E-state index contributed by atoms with van der Waals surface area (Å²) in [5, 5.41) is 24.0. The van der Waals surface area contributed by atoms with Crippen molar-refractivity contribution in [2.45, 2.75) is 38.6 Å². The molecule has 0 atom stereocenters. The maximum atomic E-state index is 13.3. The highest BCUT2D eigenvalue weighted by atomic mass is 35.5. The number of pyridine rings is 2. The fraction of sp³-hybridized carbons (Fsp3) is 0.423. The van der Waals surface area contributed by atoms with E-state index in [-0.39, 0.29) is 12.2 Å². The topological polar surface area (TPSA) is 97.0 Å². The molecule has 4 aromatic rings. The summed E-state index contributed by atoms with van der Waals surface area (Å²) in [6.07, 6.45) is 4.63. The van der Waals surface area contributed by atoms with E-state index in [1.165, 1.54) is 0 Å². The van der Waals surface area contributed by atoms with Crippen LogP contribution in [0.3, 0.4) is 0 Å². The summed E-state index contributed by atoms with van der Waals surface area (Å²) in [5.41, 5.74) is 4.88. The number of halogens is 1. The second kappa shape index (κ2) is 9.97. The van der Waals surface area contributed by atoms with Crippen molar-refractivity contribution in [1.29, 1.82) is 0 Å². The zero-order valence-electron chi connectivity index (χ0n) is 20.1. The van der Waals surface area contributed by atoms with Crippen molar-refractivity contribution in [3.05, 3.63) is 62.8 Å². The van der Waals surface area contributed by atoms with E-state index in [0.29, 0.717) is 29.5 Å². The number of benzene rings is 1. The van der Waals surface area contributed by atoms with Crippen molar-refractivity contribution in [3.63, 3.8) is 0 Å². The van der Waals surface area contributed by atoms with Crippen LogP contribution in [0.15, 0.2) is 35.3 Å². The fourth-order valence-electron chi connectivity index (χ4n) is 5.33. The van der Waals surface area contributed by atoms with Gasteiger partial charge in [-0.1, -0.05) is 23.2 Å². The molecular formula is C26H31ClN6O2. The first-order valence-electron chi connectivity index (χ1n) is 12.2. The van der Waals surface area contributed by atoms with E-state index in [9.17, 15) is 9.90 Å². The summed E-state index contributed by atoms with van der Waals surface area (Å²) in [7, 11) is 1.76. The van der Waals surface area contributed by atoms with Crippen LogP contribution in [0.2, 0.25) is 5.15 Å². The highest BCUT2D eigenvalue weighted by molar-refractivity contribution is 6.29. The maximum absolute atomic E-state index is 13.3. The summed E-state index contributed by atoms with van der Waals surface area (Å²) in [6.45, 7) is 5.00. The molecule has 0 bridgehead atoms. The minimum absolute atomic E-state index is 0.0395. The first-order chi connectivity index (χ1) is 17.0. The van der Waals surface area contributed by atoms with E-state index in [4.69, 9.17) is 11.6 Å². The zero-order chi connectivity index (χ0) is 24.5. The van der Waals surface area contributed by atoms with E-state index >= 15 is 0 Å². The van der Waals surface area contributed by atoms with Crippen LogP contribution in [-0.4, -0.2) is 50.7 Å². The van der Waals surface area contributed by atoms with Crippen LogP contribution in [0.1, 0.15) is 35.6 Å². The Hall–Kier alpha value is -2.94. The number of aliphatic hydroxyl groups excluding tert-OH is 1. The van der Waals surface area contributed by atoms with Crippen molar-refractivity contribution in [2.24, 2.45) is 7.05 Å². The molecule has 1 aliphatic rings. The Labute approximate surface area is 208 Å². The van der Waals surface area contributed by atoms with Gasteiger partial charge in [-0.05, 0) is 63.0 Å². The molecule has 0 amide bonds. The molecule has 3 N–H and O–H groups in total. The second-order valence-electron chi connectivity index (χ2n) is 9.31. The highest BCUT2D eigenvalue weighted by Gasteiger charge is 2.21. The average Bonchev–Trinajstić information content (AvgIpc) is 3.27.